The van der Waals surface area contributed by atoms with Gasteiger partial charge in [-0.2, -0.15) is 0 Å². The number of hydrogen-bond acceptors (Lipinski definition) is 3. The number of carbonyl (C=O) groups excluding carboxylic acids is 1. The molecule has 0 heterocycles. The lowest BCUT2D eigenvalue weighted by molar-refractivity contribution is -0.146. The predicted octanol–water partition coefficient (Wildman–Crippen LogP) is 2.08. The van der Waals surface area contributed by atoms with Gasteiger partial charge in [0.25, 0.3) is 0 Å². The molecule has 0 aliphatic heterocycles. The number of hydrogen-bond donors (Lipinski definition) is 0. The van der Waals surface area contributed by atoms with Crippen LogP contribution in [0.3, 0.4) is 0 Å². The van der Waals surface area contributed by atoms with Crippen LogP contribution in [0.25, 0.3) is 0 Å². The molecule has 0 spiro atoms. The molecule has 1 atom stereocenters. The van der Waals surface area contributed by atoms with E-state index in [4.69, 9.17) is 4.74 Å². The highest BCUT2D eigenvalue weighted by molar-refractivity contribution is 5.77. The summed E-state index contributed by atoms with van der Waals surface area (Å²) in [6, 6.07) is 5.72. The predicted molar refractivity (Wildman–Crippen MR) is 64.4 cm³/mol. The van der Waals surface area contributed by atoms with Gasteiger partial charge >= 0.3 is 5.97 Å². The zero-order valence-corrected chi connectivity index (χ0v) is 10.6. The molecule has 3 nitrogen and oxygen atoms in total. The molecule has 88 valence electrons. The van der Waals surface area contributed by atoms with Crippen LogP contribution >= 0.6 is 0 Å². The first-order chi connectivity index (χ1) is 7.47. The molecule has 0 N–H and O–H groups in total. The molecule has 0 bridgehead atoms. The van der Waals surface area contributed by atoms with Crippen LogP contribution in [0.5, 0.6) is 0 Å². The van der Waals surface area contributed by atoms with E-state index in [2.05, 4.69) is 6.92 Å². The highest BCUT2D eigenvalue weighted by Gasteiger charge is 2.23. The third-order valence-corrected chi connectivity index (χ3v) is 2.79. The number of methoxy groups -OCH3 is 1. The molecule has 0 radical (unpaired) electrons. The van der Waals surface area contributed by atoms with Gasteiger partial charge < -0.3 is 4.74 Å². The molecule has 1 unspecified atom stereocenters. The lowest BCUT2D eigenvalue weighted by Crippen LogP contribution is -2.28. The average molecular weight is 221 g/mol. The summed E-state index contributed by atoms with van der Waals surface area (Å²) in [6.07, 6.45) is 0. The number of esters is 1. The molecule has 0 fully saturated rings. The van der Waals surface area contributed by atoms with Crippen molar-refractivity contribution in [3.63, 3.8) is 0 Å². The monoisotopic (exact) mass is 221 g/mol. The van der Waals surface area contributed by atoms with E-state index < -0.39 is 0 Å². The van der Waals surface area contributed by atoms with Crippen LogP contribution in [-0.4, -0.2) is 32.1 Å². The lowest BCUT2D eigenvalue weighted by atomic mass is 10.0. The molecule has 0 amide bonds. The zero-order chi connectivity index (χ0) is 12.3. The Labute approximate surface area is 97.0 Å². The van der Waals surface area contributed by atoms with Gasteiger partial charge in [0.1, 0.15) is 6.04 Å². The fourth-order valence-electron chi connectivity index (χ4n) is 1.69. The van der Waals surface area contributed by atoms with Crippen LogP contribution in [0.15, 0.2) is 18.2 Å². The summed E-state index contributed by atoms with van der Waals surface area (Å²) in [7, 11) is 5.16. The molecule has 16 heavy (non-hydrogen) atoms. The second-order valence-electron chi connectivity index (χ2n) is 4.23. The van der Waals surface area contributed by atoms with E-state index in [9.17, 15) is 4.79 Å². The van der Waals surface area contributed by atoms with Gasteiger partial charge in [-0.15, -0.1) is 0 Å². The fourth-order valence-corrected chi connectivity index (χ4v) is 1.69. The first kappa shape index (κ1) is 12.7. The van der Waals surface area contributed by atoms with Crippen LogP contribution in [0, 0.1) is 13.8 Å². The number of nitrogens with zero attached hydrogens (tertiary/aromatic N) is 1. The summed E-state index contributed by atoms with van der Waals surface area (Å²) in [5, 5.41) is 0. The Morgan fingerprint density at radius 1 is 1.25 bits per heavy atom. The van der Waals surface area contributed by atoms with E-state index in [-0.39, 0.29) is 12.0 Å². The lowest BCUT2D eigenvalue weighted by Gasteiger charge is -2.22. The quantitative estimate of drug-likeness (QED) is 0.732. The highest BCUT2D eigenvalue weighted by Crippen LogP contribution is 2.22. The van der Waals surface area contributed by atoms with Gasteiger partial charge in [0.05, 0.1) is 7.11 Å². The highest BCUT2D eigenvalue weighted by atomic mass is 16.5. The van der Waals surface area contributed by atoms with Crippen molar-refractivity contribution in [2.75, 3.05) is 21.2 Å². The third kappa shape index (κ3) is 2.61. The Bertz CT molecular complexity index is 386. The Hall–Kier alpha value is -1.35. The maximum Gasteiger partial charge on any atom is 0.327 e. The van der Waals surface area contributed by atoms with E-state index in [1.54, 1.807) is 0 Å². The first-order valence-electron chi connectivity index (χ1n) is 5.28. The van der Waals surface area contributed by atoms with Crippen LogP contribution in [-0.2, 0) is 9.53 Å². The molecule has 0 aliphatic carbocycles. The number of ether oxygens (including phenoxy) is 1. The van der Waals surface area contributed by atoms with E-state index >= 15 is 0 Å². The van der Waals surface area contributed by atoms with Crippen molar-refractivity contribution >= 4 is 5.97 Å². The van der Waals surface area contributed by atoms with Gasteiger partial charge in [0.2, 0.25) is 0 Å². The normalized spacial score (nSPS) is 12.6. The molecule has 0 aliphatic rings. The Morgan fingerprint density at radius 2 is 1.88 bits per heavy atom. The second-order valence-corrected chi connectivity index (χ2v) is 4.23. The van der Waals surface area contributed by atoms with Crippen molar-refractivity contribution in [1.82, 2.24) is 4.90 Å². The van der Waals surface area contributed by atoms with Crippen LogP contribution in [0.2, 0.25) is 0 Å². The van der Waals surface area contributed by atoms with E-state index in [1.807, 2.05) is 44.1 Å². The van der Waals surface area contributed by atoms with E-state index in [0.29, 0.717) is 0 Å². The second kappa shape index (κ2) is 5.12. The smallest absolute Gasteiger partial charge is 0.327 e. The molecular weight excluding hydrogens is 202 g/mol. The van der Waals surface area contributed by atoms with Crippen LogP contribution in [0.4, 0.5) is 0 Å². The molecule has 3 heteroatoms. The summed E-state index contributed by atoms with van der Waals surface area (Å²) in [4.78, 5) is 13.5. The topological polar surface area (TPSA) is 29.5 Å². The van der Waals surface area contributed by atoms with Crippen molar-refractivity contribution in [1.29, 1.82) is 0 Å². The Kier molecular flexibility index (Phi) is 4.07. The first-order valence-corrected chi connectivity index (χ1v) is 5.28. The number of benzene rings is 1. The van der Waals surface area contributed by atoms with Gasteiger partial charge in [-0.3, -0.25) is 4.90 Å². The van der Waals surface area contributed by atoms with Gasteiger partial charge in [-0.1, -0.05) is 18.2 Å². The summed E-state index contributed by atoms with van der Waals surface area (Å²) >= 11 is 0. The largest absolute Gasteiger partial charge is 0.468 e. The van der Waals surface area contributed by atoms with Crippen molar-refractivity contribution in [3.05, 3.63) is 34.9 Å². The van der Waals surface area contributed by atoms with Gasteiger partial charge in [0, 0.05) is 0 Å². The number of likely N-dealkylation sites (N-methyl/N-ethyl adjacent to an activating group) is 1. The van der Waals surface area contributed by atoms with E-state index in [0.717, 1.165) is 5.56 Å². The zero-order valence-electron chi connectivity index (χ0n) is 10.6. The van der Waals surface area contributed by atoms with Crippen LogP contribution < -0.4 is 0 Å². The standard InChI is InChI=1S/C13H19NO2/c1-9-6-7-11(8-10(9)2)12(14(3)4)13(15)16-5/h6-8,12H,1-5H3. The minimum atomic E-state index is -0.329. The molecule has 1 aromatic rings. The third-order valence-electron chi connectivity index (χ3n) is 2.79. The maximum atomic E-state index is 11.7. The van der Waals surface area contributed by atoms with Crippen molar-refractivity contribution in [2.24, 2.45) is 0 Å². The molecule has 0 saturated carbocycles. The fraction of sp³-hybridized carbons (Fsp3) is 0.462. The van der Waals surface area contributed by atoms with Gasteiger partial charge in [-0.05, 0) is 44.6 Å². The number of aryl methyl sites for hydroxylation is 2. The maximum absolute atomic E-state index is 11.7. The van der Waals surface area contributed by atoms with Crippen molar-refractivity contribution < 1.29 is 9.53 Å². The summed E-state index contributed by atoms with van der Waals surface area (Å²) < 4.78 is 4.82. The molecule has 0 saturated heterocycles. The van der Waals surface area contributed by atoms with Gasteiger partial charge in [0.15, 0.2) is 0 Å². The number of rotatable bonds is 3. The molecule has 1 rings (SSSR count). The van der Waals surface area contributed by atoms with Crippen molar-refractivity contribution in [2.45, 2.75) is 19.9 Å². The molecule has 0 aromatic heterocycles. The Morgan fingerprint density at radius 3 is 2.31 bits per heavy atom. The molecular formula is C13H19NO2. The van der Waals surface area contributed by atoms with Crippen molar-refractivity contribution in [3.8, 4) is 0 Å². The SMILES string of the molecule is COC(=O)C(c1ccc(C)c(C)c1)N(C)C. The van der Waals surface area contributed by atoms with E-state index in [1.165, 1.54) is 18.2 Å². The average Bonchev–Trinajstić information content (AvgIpc) is 2.22. The molecule has 1 aromatic carbocycles. The summed E-state index contributed by atoms with van der Waals surface area (Å²) in [5.74, 6) is -0.228. The van der Waals surface area contributed by atoms with Crippen LogP contribution in [0.1, 0.15) is 22.7 Å². The minimum absolute atomic E-state index is 0.228. The minimum Gasteiger partial charge on any atom is -0.468 e. The Balaban J connectivity index is 3.11. The number of carbonyl (C=O) groups is 1. The summed E-state index contributed by atoms with van der Waals surface area (Å²) in [5.41, 5.74) is 3.39. The summed E-state index contributed by atoms with van der Waals surface area (Å²) in [6.45, 7) is 4.10. The van der Waals surface area contributed by atoms with Gasteiger partial charge in [-0.25, -0.2) is 4.79 Å².